The molecule has 0 fully saturated rings. The van der Waals surface area contributed by atoms with E-state index in [1.165, 1.54) is 0 Å². The third kappa shape index (κ3) is 6.14. The number of aromatic nitrogens is 1. The standard InChI is InChI=1S/C16H32N2O2S2Si/c1-12-17-10-14(21-12)13(18-22(19)15(2,3)4)11-20-23(8,9)16(5,6)7/h10,13,18H,11H2,1-9H3/t13-,22?/m1/s1. The topological polar surface area (TPSA) is 57.2 Å². The summed E-state index contributed by atoms with van der Waals surface area (Å²) in [6, 6.07) is -0.0876. The maximum atomic E-state index is 12.5. The van der Waals surface area contributed by atoms with Gasteiger partial charge in [-0.15, -0.1) is 16.1 Å². The summed E-state index contributed by atoms with van der Waals surface area (Å²) in [5.74, 6) is 0. The number of rotatable bonds is 6. The summed E-state index contributed by atoms with van der Waals surface area (Å²) < 4.78 is 21.8. The van der Waals surface area contributed by atoms with E-state index in [2.05, 4.69) is 43.6 Å². The molecule has 7 heteroatoms. The van der Waals surface area contributed by atoms with Crippen LogP contribution in [0.5, 0.6) is 0 Å². The van der Waals surface area contributed by atoms with Crippen LogP contribution in [0, 0.1) is 6.92 Å². The lowest BCUT2D eigenvalue weighted by Crippen LogP contribution is -2.46. The van der Waals surface area contributed by atoms with E-state index in [-0.39, 0.29) is 15.8 Å². The third-order valence-electron chi connectivity index (χ3n) is 4.21. The summed E-state index contributed by atoms with van der Waals surface area (Å²) in [7, 11) is -1.85. The fourth-order valence-corrected chi connectivity index (χ4v) is 4.25. The van der Waals surface area contributed by atoms with Gasteiger partial charge in [-0.1, -0.05) is 20.8 Å². The zero-order valence-corrected chi connectivity index (χ0v) is 18.6. The van der Waals surface area contributed by atoms with Crippen LogP contribution >= 0.6 is 11.3 Å². The summed E-state index contributed by atoms with van der Waals surface area (Å²) >= 11 is 0.490. The van der Waals surface area contributed by atoms with E-state index in [9.17, 15) is 4.55 Å². The molecule has 1 aromatic heterocycles. The first-order chi connectivity index (χ1) is 10.2. The second kappa shape index (κ2) is 7.54. The zero-order valence-electron chi connectivity index (χ0n) is 15.9. The Morgan fingerprint density at radius 1 is 1.30 bits per heavy atom. The molecule has 0 aromatic carbocycles. The molecule has 0 aliphatic rings. The molecule has 0 radical (unpaired) electrons. The number of thiazole rings is 1. The average molecular weight is 377 g/mol. The molecule has 1 aromatic rings. The van der Waals surface area contributed by atoms with Gasteiger partial charge in [0.1, 0.15) is 10.8 Å². The van der Waals surface area contributed by atoms with Crippen molar-refractivity contribution in [3.8, 4) is 0 Å². The van der Waals surface area contributed by atoms with Gasteiger partial charge < -0.3 is 8.98 Å². The molecule has 0 saturated heterocycles. The van der Waals surface area contributed by atoms with Crippen LogP contribution in [0.3, 0.4) is 0 Å². The Balaban J connectivity index is 2.89. The van der Waals surface area contributed by atoms with E-state index in [1.807, 2.05) is 33.9 Å². The number of nitrogens with one attached hydrogen (secondary N) is 1. The van der Waals surface area contributed by atoms with Crippen molar-refractivity contribution in [2.75, 3.05) is 6.61 Å². The third-order valence-corrected chi connectivity index (χ3v) is 11.3. The van der Waals surface area contributed by atoms with Gasteiger partial charge in [-0.05, 0) is 45.8 Å². The van der Waals surface area contributed by atoms with Crippen LogP contribution < -0.4 is 4.72 Å². The minimum atomic E-state index is -1.85. The Bertz CT molecular complexity index is 507. The molecule has 0 spiro atoms. The summed E-state index contributed by atoms with van der Waals surface area (Å²) in [5.41, 5.74) is 0. The maximum absolute atomic E-state index is 12.5. The lowest BCUT2D eigenvalue weighted by molar-refractivity contribution is 0.257. The van der Waals surface area contributed by atoms with Crippen molar-refractivity contribution in [2.45, 2.75) is 77.4 Å². The highest BCUT2D eigenvalue weighted by Gasteiger charge is 2.39. The van der Waals surface area contributed by atoms with E-state index in [0.29, 0.717) is 6.61 Å². The number of nitrogens with zero attached hydrogens (tertiary/aromatic N) is 1. The van der Waals surface area contributed by atoms with Crippen LogP contribution in [0.25, 0.3) is 0 Å². The van der Waals surface area contributed by atoms with Crippen LogP contribution in [0.2, 0.25) is 18.1 Å². The molecule has 1 N–H and O–H groups in total. The molecule has 2 atom stereocenters. The van der Waals surface area contributed by atoms with Gasteiger partial charge in [-0.3, -0.25) is 0 Å². The SMILES string of the molecule is Cc1ncc([C@@H](CO[Si](C)(C)C(C)(C)C)N[S+]([O-])C(C)(C)C)s1. The normalized spacial score (nSPS) is 16.4. The van der Waals surface area contributed by atoms with Crippen LogP contribution in [-0.4, -0.2) is 29.2 Å². The van der Waals surface area contributed by atoms with Crippen molar-refractivity contribution in [2.24, 2.45) is 0 Å². The Hall–Kier alpha value is 0.0769. The van der Waals surface area contributed by atoms with Crippen LogP contribution in [0.1, 0.15) is 57.5 Å². The van der Waals surface area contributed by atoms with Crippen molar-refractivity contribution >= 4 is 31.0 Å². The molecular weight excluding hydrogens is 344 g/mol. The van der Waals surface area contributed by atoms with Crippen molar-refractivity contribution in [3.63, 3.8) is 0 Å². The molecule has 1 heterocycles. The first-order valence-electron chi connectivity index (χ1n) is 7.98. The average Bonchev–Trinajstić information content (AvgIpc) is 2.78. The van der Waals surface area contributed by atoms with Gasteiger partial charge in [-0.2, -0.15) is 0 Å². The molecule has 0 aliphatic carbocycles. The van der Waals surface area contributed by atoms with Crippen molar-refractivity contribution in [1.29, 1.82) is 0 Å². The molecule has 23 heavy (non-hydrogen) atoms. The molecule has 134 valence electrons. The van der Waals surface area contributed by atoms with Crippen molar-refractivity contribution in [1.82, 2.24) is 9.71 Å². The molecule has 0 bridgehead atoms. The molecule has 4 nitrogen and oxygen atoms in total. The number of hydrogen-bond acceptors (Lipinski definition) is 5. The van der Waals surface area contributed by atoms with Gasteiger partial charge in [0.25, 0.3) is 0 Å². The first kappa shape index (κ1) is 21.1. The Morgan fingerprint density at radius 3 is 2.26 bits per heavy atom. The van der Waals surface area contributed by atoms with E-state index < -0.39 is 19.7 Å². The fourth-order valence-electron chi connectivity index (χ4n) is 1.53. The summed E-state index contributed by atoms with van der Waals surface area (Å²) in [4.78, 5) is 5.42. The highest BCUT2D eigenvalue weighted by atomic mass is 32.2. The lowest BCUT2D eigenvalue weighted by Gasteiger charge is -2.37. The van der Waals surface area contributed by atoms with Gasteiger partial charge in [0, 0.05) is 22.4 Å². The molecule has 1 unspecified atom stereocenters. The highest BCUT2D eigenvalue weighted by Crippen LogP contribution is 2.37. The Morgan fingerprint density at radius 2 is 1.87 bits per heavy atom. The van der Waals surface area contributed by atoms with Crippen molar-refractivity contribution < 1.29 is 8.98 Å². The molecule has 0 saturated carbocycles. The molecular formula is C16H32N2O2S2Si. The quantitative estimate of drug-likeness (QED) is 0.584. The monoisotopic (exact) mass is 376 g/mol. The van der Waals surface area contributed by atoms with Crippen LogP contribution in [-0.2, 0) is 15.8 Å². The zero-order chi connectivity index (χ0) is 18.1. The highest BCUT2D eigenvalue weighted by molar-refractivity contribution is 7.90. The van der Waals surface area contributed by atoms with Gasteiger partial charge in [0.15, 0.2) is 8.32 Å². The smallest absolute Gasteiger partial charge is 0.192 e. The van der Waals surface area contributed by atoms with Gasteiger partial charge in [0.05, 0.1) is 11.6 Å². The first-order valence-corrected chi connectivity index (χ1v) is 12.9. The van der Waals surface area contributed by atoms with Crippen LogP contribution in [0.4, 0.5) is 0 Å². The summed E-state index contributed by atoms with van der Waals surface area (Å²) in [5, 5.41) is 1.17. The van der Waals surface area contributed by atoms with Gasteiger partial charge in [0.2, 0.25) is 0 Å². The van der Waals surface area contributed by atoms with Gasteiger partial charge >= 0.3 is 0 Å². The van der Waals surface area contributed by atoms with Crippen molar-refractivity contribution in [3.05, 3.63) is 16.1 Å². The Kier molecular flexibility index (Phi) is 6.92. The minimum Gasteiger partial charge on any atom is -0.598 e. The largest absolute Gasteiger partial charge is 0.598 e. The van der Waals surface area contributed by atoms with E-state index in [4.69, 9.17) is 4.43 Å². The predicted molar refractivity (Wildman–Crippen MR) is 104 cm³/mol. The lowest BCUT2D eigenvalue weighted by atomic mass is 10.2. The molecule has 0 aliphatic heterocycles. The van der Waals surface area contributed by atoms with E-state index in [1.54, 1.807) is 11.3 Å². The van der Waals surface area contributed by atoms with E-state index >= 15 is 0 Å². The van der Waals surface area contributed by atoms with Crippen LogP contribution in [0.15, 0.2) is 6.20 Å². The second-order valence-electron chi connectivity index (χ2n) is 8.40. The fraction of sp³-hybridized carbons (Fsp3) is 0.812. The van der Waals surface area contributed by atoms with E-state index in [0.717, 1.165) is 9.88 Å². The summed E-state index contributed by atoms with van der Waals surface area (Å²) in [6.45, 7) is 19.6. The minimum absolute atomic E-state index is 0.0876. The molecule has 0 amide bonds. The predicted octanol–water partition coefficient (Wildman–Crippen LogP) is 4.57. The Labute approximate surface area is 149 Å². The second-order valence-corrected chi connectivity index (χ2v) is 16.5. The maximum Gasteiger partial charge on any atom is 0.192 e. The summed E-state index contributed by atoms with van der Waals surface area (Å²) in [6.07, 6.45) is 1.87. The van der Waals surface area contributed by atoms with Gasteiger partial charge in [-0.25, -0.2) is 4.98 Å². The number of aryl methyl sites for hydroxylation is 1. The number of hydrogen-bond donors (Lipinski definition) is 1. The molecule has 1 rings (SSSR count).